The van der Waals surface area contributed by atoms with Gasteiger partial charge in [-0.3, -0.25) is 4.79 Å². The number of rotatable bonds is 2. The van der Waals surface area contributed by atoms with E-state index in [1.54, 1.807) is 0 Å². The van der Waals surface area contributed by atoms with Gasteiger partial charge in [0.25, 0.3) is 0 Å². The van der Waals surface area contributed by atoms with Crippen molar-refractivity contribution < 1.29 is 9.53 Å². The minimum absolute atomic E-state index is 0.162. The van der Waals surface area contributed by atoms with Crippen molar-refractivity contribution in [2.75, 3.05) is 6.61 Å². The fraction of sp³-hybridized carbons (Fsp3) is 0.824. The normalized spacial score (nSPS) is 42.7. The standard InChI is InChI=1S/C17H26O2/c1-11-5-6-15-16(3,4)14-9-17(11,15)8-7-13(14)10-19-12(2)18/h7,11,14-15H,5-6,8-10H2,1-4H3/t11-,14+,15+,17+/m1/s1. The van der Waals surface area contributed by atoms with Crippen LogP contribution in [-0.4, -0.2) is 12.6 Å². The quantitative estimate of drug-likeness (QED) is 0.556. The van der Waals surface area contributed by atoms with Gasteiger partial charge in [0.15, 0.2) is 0 Å². The summed E-state index contributed by atoms with van der Waals surface area (Å²) in [5.74, 6) is 2.17. The van der Waals surface area contributed by atoms with Gasteiger partial charge in [-0.25, -0.2) is 0 Å². The Hall–Kier alpha value is -0.790. The molecular weight excluding hydrogens is 236 g/mol. The zero-order chi connectivity index (χ0) is 13.8. The molecule has 0 aliphatic heterocycles. The second-order valence-electron chi connectivity index (χ2n) is 7.61. The van der Waals surface area contributed by atoms with Crippen molar-refractivity contribution in [1.29, 1.82) is 0 Å². The first-order valence-electron chi connectivity index (χ1n) is 7.70. The van der Waals surface area contributed by atoms with Gasteiger partial charge >= 0.3 is 5.97 Å². The first kappa shape index (κ1) is 13.2. The number of ether oxygens (including phenoxy) is 1. The minimum Gasteiger partial charge on any atom is -0.461 e. The minimum atomic E-state index is -0.162. The van der Waals surface area contributed by atoms with E-state index in [0.29, 0.717) is 23.4 Å². The highest BCUT2D eigenvalue weighted by atomic mass is 16.5. The average Bonchev–Trinajstić information content (AvgIpc) is 2.74. The van der Waals surface area contributed by atoms with Crippen LogP contribution in [0.5, 0.6) is 0 Å². The van der Waals surface area contributed by atoms with Crippen LogP contribution < -0.4 is 0 Å². The third kappa shape index (κ3) is 1.71. The molecule has 106 valence electrons. The highest BCUT2D eigenvalue weighted by molar-refractivity contribution is 5.66. The summed E-state index contributed by atoms with van der Waals surface area (Å²) in [5.41, 5.74) is 2.30. The highest BCUT2D eigenvalue weighted by Gasteiger charge is 2.63. The van der Waals surface area contributed by atoms with Crippen molar-refractivity contribution in [2.24, 2.45) is 28.6 Å². The van der Waals surface area contributed by atoms with Crippen LogP contribution in [0.3, 0.4) is 0 Å². The van der Waals surface area contributed by atoms with Gasteiger partial charge in [-0.2, -0.15) is 0 Å². The van der Waals surface area contributed by atoms with Crippen LogP contribution >= 0.6 is 0 Å². The molecule has 2 heteroatoms. The summed E-state index contributed by atoms with van der Waals surface area (Å²) in [6.07, 6.45) is 7.71. The lowest BCUT2D eigenvalue weighted by Gasteiger charge is -2.36. The van der Waals surface area contributed by atoms with Gasteiger partial charge in [0.1, 0.15) is 6.61 Å². The van der Waals surface area contributed by atoms with Crippen molar-refractivity contribution in [3.05, 3.63) is 11.6 Å². The molecule has 3 aliphatic rings. The Bertz CT molecular complexity index is 435. The Balaban J connectivity index is 1.89. The number of hydrogen-bond acceptors (Lipinski definition) is 2. The first-order chi connectivity index (χ1) is 8.88. The smallest absolute Gasteiger partial charge is 0.302 e. The Labute approximate surface area is 116 Å². The molecule has 0 aromatic heterocycles. The van der Waals surface area contributed by atoms with E-state index in [2.05, 4.69) is 26.8 Å². The average molecular weight is 262 g/mol. The summed E-state index contributed by atoms with van der Waals surface area (Å²) < 4.78 is 5.26. The second-order valence-corrected chi connectivity index (χ2v) is 7.61. The maximum absolute atomic E-state index is 11.1. The zero-order valence-electron chi connectivity index (χ0n) is 12.7. The topological polar surface area (TPSA) is 26.3 Å². The molecule has 0 radical (unpaired) electrons. The fourth-order valence-corrected chi connectivity index (χ4v) is 5.52. The molecule has 0 N–H and O–H groups in total. The number of esters is 1. The van der Waals surface area contributed by atoms with Crippen LogP contribution in [0.2, 0.25) is 0 Å². The maximum atomic E-state index is 11.1. The number of hydrogen-bond donors (Lipinski definition) is 0. The van der Waals surface area contributed by atoms with E-state index in [1.165, 1.54) is 38.2 Å². The van der Waals surface area contributed by atoms with E-state index in [9.17, 15) is 4.79 Å². The van der Waals surface area contributed by atoms with E-state index >= 15 is 0 Å². The SMILES string of the molecule is CC(=O)OCC1=CC[C@@]23C[C@@H]1C(C)(C)[C@@H]2CC[C@H]3C. The summed E-state index contributed by atoms with van der Waals surface area (Å²) in [5, 5.41) is 0. The molecule has 0 aromatic rings. The molecule has 19 heavy (non-hydrogen) atoms. The Morgan fingerprint density at radius 1 is 1.42 bits per heavy atom. The Kier molecular flexibility index (Phi) is 2.85. The number of carbonyl (C=O) groups is 1. The predicted octanol–water partition coefficient (Wildman–Crippen LogP) is 3.96. The van der Waals surface area contributed by atoms with E-state index in [-0.39, 0.29) is 5.97 Å². The molecule has 0 saturated heterocycles. The van der Waals surface area contributed by atoms with Gasteiger partial charge in [0, 0.05) is 6.92 Å². The van der Waals surface area contributed by atoms with E-state index in [0.717, 1.165) is 11.8 Å². The van der Waals surface area contributed by atoms with E-state index in [4.69, 9.17) is 4.74 Å². The van der Waals surface area contributed by atoms with E-state index in [1.807, 2.05) is 0 Å². The number of fused-ring (bicyclic) bond motifs is 1. The summed E-state index contributed by atoms with van der Waals surface area (Å²) in [6.45, 7) is 9.34. The molecule has 3 rings (SSSR count). The maximum Gasteiger partial charge on any atom is 0.302 e. The van der Waals surface area contributed by atoms with Crippen molar-refractivity contribution in [1.82, 2.24) is 0 Å². The van der Waals surface area contributed by atoms with E-state index < -0.39 is 0 Å². The third-order valence-corrected chi connectivity index (χ3v) is 6.58. The van der Waals surface area contributed by atoms with Gasteiger partial charge in [0.2, 0.25) is 0 Å². The molecule has 2 saturated carbocycles. The van der Waals surface area contributed by atoms with Crippen molar-refractivity contribution in [3.8, 4) is 0 Å². The monoisotopic (exact) mass is 262 g/mol. The lowest BCUT2D eigenvalue weighted by Crippen LogP contribution is -2.30. The summed E-state index contributed by atoms with van der Waals surface area (Å²) >= 11 is 0. The van der Waals surface area contributed by atoms with Gasteiger partial charge in [0.05, 0.1) is 0 Å². The van der Waals surface area contributed by atoms with Gasteiger partial charge in [-0.1, -0.05) is 26.8 Å². The summed E-state index contributed by atoms with van der Waals surface area (Å²) in [4.78, 5) is 11.1. The lowest BCUT2D eigenvalue weighted by molar-refractivity contribution is -0.140. The molecule has 0 unspecified atom stereocenters. The predicted molar refractivity (Wildman–Crippen MR) is 75.5 cm³/mol. The van der Waals surface area contributed by atoms with Crippen LogP contribution in [0, 0.1) is 28.6 Å². The van der Waals surface area contributed by atoms with Crippen molar-refractivity contribution in [3.63, 3.8) is 0 Å². The number of carbonyl (C=O) groups excluding carboxylic acids is 1. The van der Waals surface area contributed by atoms with Crippen LogP contribution in [0.15, 0.2) is 11.6 Å². The zero-order valence-corrected chi connectivity index (χ0v) is 12.7. The molecule has 4 atom stereocenters. The highest BCUT2D eigenvalue weighted by Crippen LogP contribution is 2.71. The first-order valence-corrected chi connectivity index (χ1v) is 7.70. The lowest BCUT2D eigenvalue weighted by atomic mass is 9.68. The largest absolute Gasteiger partial charge is 0.461 e. The van der Waals surface area contributed by atoms with Gasteiger partial charge in [-0.05, 0) is 59.8 Å². The summed E-state index contributed by atoms with van der Waals surface area (Å²) in [6, 6.07) is 0. The van der Waals surface area contributed by atoms with Gasteiger partial charge < -0.3 is 4.74 Å². The van der Waals surface area contributed by atoms with Crippen LogP contribution in [0.25, 0.3) is 0 Å². The van der Waals surface area contributed by atoms with Crippen LogP contribution in [0.4, 0.5) is 0 Å². The van der Waals surface area contributed by atoms with Crippen molar-refractivity contribution in [2.45, 2.75) is 53.4 Å². The Morgan fingerprint density at radius 3 is 2.84 bits per heavy atom. The van der Waals surface area contributed by atoms with Crippen LogP contribution in [-0.2, 0) is 9.53 Å². The molecule has 0 amide bonds. The molecular formula is C17H26O2. The molecule has 0 aromatic carbocycles. The Morgan fingerprint density at radius 2 is 2.16 bits per heavy atom. The van der Waals surface area contributed by atoms with Crippen LogP contribution in [0.1, 0.15) is 53.4 Å². The summed E-state index contributed by atoms with van der Waals surface area (Å²) in [7, 11) is 0. The number of allylic oxidation sites excluding steroid dienone is 1. The fourth-order valence-electron chi connectivity index (χ4n) is 5.52. The molecule has 2 fully saturated rings. The van der Waals surface area contributed by atoms with Gasteiger partial charge in [-0.15, -0.1) is 0 Å². The second kappa shape index (κ2) is 4.10. The molecule has 2 bridgehead atoms. The molecule has 1 spiro atoms. The third-order valence-electron chi connectivity index (χ3n) is 6.58. The molecule has 0 heterocycles. The molecule has 2 nitrogen and oxygen atoms in total. The van der Waals surface area contributed by atoms with Crippen molar-refractivity contribution >= 4 is 5.97 Å². The molecule has 3 aliphatic carbocycles.